The Balaban J connectivity index is 2.40. The Kier molecular flexibility index (Phi) is 3.18. The number of carbonyl (C=O) groups excluding carboxylic acids is 1. The van der Waals surface area contributed by atoms with Crippen molar-refractivity contribution in [3.05, 3.63) is 40.3 Å². The standard InChI is InChI=1S/C12H12N2O3/c1-2-5-17-12(16)8-3-4-9-7-13-14-11(15)10(9)6-8/h3-4,6-7H,2,5H2,1H3,(H,14,15). The van der Waals surface area contributed by atoms with E-state index in [1.807, 2.05) is 6.92 Å². The fraction of sp³-hybridized carbons (Fsp3) is 0.250. The lowest BCUT2D eigenvalue weighted by Crippen LogP contribution is -2.10. The van der Waals surface area contributed by atoms with Crippen LogP contribution in [0.2, 0.25) is 0 Å². The van der Waals surface area contributed by atoms with E-state index in [1.165, 1.54) is 12.3 Å². The Morgan fingerprint density at radius 3 is 3.06 bits per heavy atom. The van der Waals surface area contributed by atoms with Gasteiger partial charge in [-0.1, -0.05) is 13.0 Å². The van der Waals surface area contributed by atoms with Crippen molar-refractivity contribution in [2.24, 2.45) is 0 Å². The number of hydrogen-bond acceptors (Lipinski definition) is 4. The third kappa shape index (κ3) is 2.33. The van der Waals surface area contributed by atoms with E-state index in [4.69, 9.17) is 4.74 Å². The van der Waals surface area contributed by atoms with Crippen LogP contribution >= 0.6 is 0 Å². The van der Waals surface area contributed by atoms with E-state index in [9.17, 15) is 9.59 Å². The van der Waals surface area contributed by atoms with Gasteiger partial charge in [-0.2, -0.15) is 5.10 Å². The van der Waals surface area contributed by atoms with Crippen LogP contribution in [0.1, 0.15) is 23.7 Å². The first-order chi connectivity index (χ1) is 8.22. The van der Waals surface area contributed by atoms with Crippen molar-refractivity contribution in [3.63, 3.8) is 0 Å². The first-order valence-corrected chi connectivity index (χ1v) is 5.37. The van der Waals surface area contributed by atoms with Crippen molar-refractivity contribution < 1.29 is 9.53 Å². The van der Waals surface area contributed by atoms with E-state index in [0.29, 0.717) is 22.9 Å². The topological polar surface area (TPSA) is 72.0 Å². The van der Waals surface area contributed by atoms with Gasteiger partial charge in [-0.3, -0.25) is 4.79 Å². The molecule has 0 aliphatic heterocycles. The molecular formula is C12H12N2O3. The number of hydrogen-bond donors (Lipinski definition) is 1. The molecule has 0 amide bonds. The molecule has 88 valence electrons. The van der Waals surface area contributed by atoms with Crippen LogP contribution in [-0.4, -0.2) is 22.8 Å². The number of esters is 1. The molecule has 1 aromatic heterocycles. The van der Waals surface area contributed by atoms with E-state index in [1.54, 1.807) is 12.1 Å². The third-order valence-electron chi connectivity index (χ3n) is 2.34. The second-order valence-corrected chi connectivity index (χ2v) is 3.64. The van der Waals surface area contributed by atoms with Crippen LogP contribution in [-0.2, 0) is 4.74 Å². The van der Waals surface area contributed by atoms with Gasteiger partial charge in [-0.15, -0.1) is 0 Å². The number of aromatic amines is 1. The summed E-state index contributed by atoms with van der Waals surface area (Å²) in [6.07, 6.45) is 2.31. The Labute approximate surface area is 97.4 Å². The zero-order valence-corrected chi connectivity index (χ0v) is 9.40. The molecule has 0 radical (unpaired) electrons. The second-order valence-electron chi connectivity index (χ2n) is 3.64. The normalized spacial score (nSPS) is 10.4. The second kappa shape index (κ2) is 4.78. The molecule has 1 N–H and O–H groups in total. The molecule has 2 aromatic rings. The fourth-order valence-electron chi connectivity index (χ4n) is 1.49. The van der Waals surface area contributed by atoms with Crippen molar-refractivity contribution in [2.75, 3.05) is 6.61 Å². The van der Waals surface area contributed by atoms with Gasteiger partial charge in [0.15, 0.2) is 0 Å². The predicted molar refractivity (Wildman–Crippen MR) is 62.9 cm³/mol. The Morgan fingerprint density at radius 1 is 1.47 bits per heavy atom. The van der Waals surface area contributed by atoms with Gasteiger partial charge >= 0.3 is 5.97 Å². The number of nitrogens with zero attached hydrogens (tertiary/aromatic N) is 1. The molecule has 1 aromatic carbocycles. The Bertz CT molecular complexity index is 604. The van der Waals surface area contributed by atoms with Gasteiger partial charge in [-0.25, -0.2) is 9.89 Å². The van der Waals surface area contributed by atoms with Crippen LogP contribution in [0.25, 0.3) is 10.8 Å². The minimum atomic E-state index is -0.412. The summed E-state index contributed by atoms with van der Waals surface area (Å²) >= 11 is 0. The van der Waals surface area contributed by atoms with Crippen molar-refractivity contribution in [2.45, 2.75) is 13.3 Å². The van der Waals surface area contributed by atoms with Gasteiger partial charge in [0, 0.05) is 5.39 Å². The van der Waals surface area contributed by atoms with Crippen molar-refractivity contribution in [1.82, 2.24) is 10.2 Å². The first kappa shape index (κ1) is 11.3. The van der Waals surface area contributed by atoms with Gasteiger partial charge in [0.2, 0.25) is 0 Å². The van der Waals surface area contributed by atoms with Crippen LogP contribution in [0.3, 0.4) is 0 Å². The minimum absolute atomic E-state index is 0.312. The summed E-state index contributed by atoms with van der Waals surface area (Å²) in [7, 11) is 0. The smallest absolute Gasteiger partial charge is 0.338 e. The molecule has 0 fully saturated rings. The lowest BCUT2D eigenvalue weighted by atomic mass is 10.1. The first-order valence-electron chi connectivity index (χ1n) is 5.37. The van der Waals surface area contributed by atoms with Gasteiger partial charge in [0.25, 0.3) is 5.56 Å². The molecule has 5 heteroatoms. The maximum Gasteiger partial charge on any atom is 0.338 e. The number of carbonyl (C=O) groups is 1. The summed E-state index contributed by atoms with van der Waals surface area (Å²) in [6, 6.07) is 4.83. The predicted octanol–water partition coefficient (Wildman–Crippen LogP) is 1.49. The molecule has 2 rings (SSSR count). The fourth-order valence-corrected chi connectivity index (χ4v) is 1.49. The highest BCUT2D eigenvalue weighted by atomic mass is 16.5. The number of fused-ring (bicyclic) bond motifs is 1. The van der Waals surface area contributed by atoms with Crippen molar-refractivity contribution in [1.29, 1.82) is 0 Å². The number of benzene rings is 1. The van der Waals surface area contributed by atoms with Gasteiger partial charge in [0.1, 0.15) is 0 Å². The number of aromatic nitrogens is 2. The van der Waals surface area contributed by atoms with E-state index >= 15 is 0 Å². The van der Waals surface area contributed by atoms with E-state index < -0.39 is 5.97 Å². The van der Waals surface area contributed by atoms with Crippen LogP contribution in [0.5, 0.6) is 0 Å². The molecule has 0 aliphatic carbocycles. The number of nitrogens with one attached hydrogen (secondary N) is 1. The van der Waals surface area contributed by atoms with Gasteiger partial charge in [0.05, 0.1) is 23.8 Å². The molecule has 0 saturated heterocycles. The van der Waals surface area contributed by atoms with Crippen LogP contribution in [0.15, 0.2) is 29.2 Å². The number of H-pyrrole nitrogens is 1. The zero-order valence-electron chi connectivity index (χ0n) is 9.40. The molecular weight excluding hydrogens is 220 g/mol. The molecule has 0 spiro atoms. The molecule has 0 atom stereocenters. The van der Waals surface area contributed by atoms with Crippen LogP contribution in [0, 0.1) is 0 Å². The molecule has 0 aliphatic rings. The summed E-state index contributed by atoms with van der Waals surface area (Å²) in [5, 5.41) is 7.14. The average Bonchev–Trinajstić information content (AvgIpc) is 2.36. The molecule has 1 heterocycles. The molecule has 0 saturated carbocycles. The van der Waals surface area contributed by atoms with Gasteiger partial charge in [-0.05, 0) is 18.6 Å². The molecule has 5 nitrogen and oxygen atoms in total. The Morgan fingerprint density at radius 2 is 2.29 bits per heavy atom. The van der Waals surface area contributed by atoms with E-state index in [0.717, 1.165) is 6.42 Å². The molecule has 17 heavy (non-hydrogen) atoms. The van der Waals surface area contributed by atoms with E-state index in [-0.39, 0.29) is 5.56 Å². The average molecular weight is 232 g/mol. The summed E-state index contributed by atoms with van der Waals surface area (Å²) in [5.41, 5.74) is 0.0651. The maximum atomic E-state index is 11.6. The third-order valence-corrected chi connectivity index (χ3v) is 2.34. The highest BCUT2D eigenvalue weighted by Crippen LogP contribution is 2.11. The van der Waals surface area contributed by atoms with Crippen LogP contribution in [0.4, 0.5) is 0 Å². The largest absolute Gasteiger partial charge is 0.462 e. The lowest BCUT2D eigenvalue weighted by molar-refractivity contribution is 0.0505. The zero-order chi connectivity index (χ0) is 12.3. The quantitative estimate of drug-likeness (QED) is 0.814. The number of ether oxygens (including phenoxy) is 1. The summed E-state index contributed by atoms with van der Waals surface area (Å²) < 4.78 is 5.00. The Hall–Kier alpha value is -2.17. The van der Waals surface area contributed by atoms with Crippen LogP contribution < -0.4 is 5.56 Å². The molecule has 0 bridgehead atoms. The van der Waals surface area contributed by atoms with Crippen molar-refractivity contribution >= 4 is 16.7 Å². The number of rotatable bonds is 3. The maximum absolute atomic E-state index is 11.6. The van der Waals surface area contributed by atoms with Gasteiger partial charge < -0.3 is 4.74 Å². The SMILES string of the molecule is CCCOC(=O)c1ccc2cn[nH]c(=O)c2c1. The summed E-state index contributed by atoms with van der Waals surface area (Å²) in [5.74, 6) is -0.412. The lowest BCUT2D eigenvalue weighted by Gasteiger charge is -2.03. The monoisotopic (exact) mass is 232 g/mol. The highest BCUT2D eigenvalue weighted by molar-refractivity contribution is 5.94. The highest BCUT2D eigenvalue weighted by Gasteiger charge is 2.08. The summed E-state index contributed by atoms with van der Waals surface area (Å²) in [4.78, 5) is 23.1. The summed E-state index contributed by atoms with van der Waals surface area (Å²) in [6.45, 7) is 2.30. The molecule has 0 unspecified atom stereocenters. The van der Waals surface area contributed by atoms with E-state index in [2.05, 4.69) is 10.2 Å². The van der Waals surface area contributed by atoms with Crippen molar-refractivity contribution in [3.8, 4) is 0 Å². The minimum Gasteiger partial charge on any atom is -0.462 e.